The minimum Gasteiger partial charge on any atom is -0.766 e. The van der Waals surface area contributed by atoms with Gasteiger partial charge in [-0.1, -0.05) is 12.3 Å². The van der Waals surface area contributed by atoms with Gasteiger partial charge in [0.1, 0.15) is 0 Å². The van der Waals surface area contributed by atoms with E-state index in [9.17, 15) is 13.0 Å². The van der Waals surface area contributed by atoms with Gasteiger partial charge in [0.15, 0.2) is 0 Å². The van der Waals surface area contributed by atoms with E-state index in [4.69, 9.17) is 0 Å². The summed E-state index contributed by atoms with van der Waals surface area (Å²) in [5, 5.41) is -0.234. The Labute approximate surface area is 122 Å². The Kier molecular flexibility index (Phi) is 14.0. The van der Waals surface area contributed by atoms with Crippen molar-refractivity contribution in [2.75, 3.05) is 14.1 Å². The van der Waals surface area contributed by atoms with E-state index < -0.39 is 9.15 Å². The Morgan fingerprint density at radius 2 is 1.67 bits per heavy atom. The zero-order valence-electron chi connectivity index (χ0n) is 8.10. The van der Waals surface area contributed by atoms with Crippen molar-refractivity contribution in [3.8, 4) is 0 Å². The smallest absolute Gasteiger partial charge is 0.766 e. The van der Waals surface area contributed by atoms with Crippen LogP contribution in [-0.4, -0.2) is 37.3 Å². The summed E-state index contributed by atoms with van der Waals surface area (Å²) in [6, 6.07) is 0. The first-order chi connectivity index (χ1) is 4.33. The predicted molar refractivity (Wildman–Crippen MR) is 41.6 cm³/mol. The van der Waals surface area contributed by atoms with Crippen molar-refractivity contribution in [1.82, 2.24) is 4.90 Å². The molecular formula is C4H11NNa2O3S2. The molecule has 1 unspecified atom stereocenters. The fourth-order valence-corrected chi connectivity index (χ4v) is 2.53. The third-order valence-corrected chi connectivity index (χ3v) is 3.74. The molecule has 0 aliphatic heterocycles. The molecule has 0 heterocycles. The van der Waals surface area contributed by atoms with Crippen LogP contribution >= 0.6 is 0 Å². The minimum absolute atomic E-state index is 0. The Morgan fingerprint density at radius 3 is 1.75 bits per heavy atom. The molecule has 0 radical (unpaired) electrons. The summed E-state index contributed by atoms with van der Waals surface area (Å²) >= 11 is 0. The topological polar surface area (TPSA) is 60.4 Å². The summed E-state index contributed by atoms with van der Waals surface area (Å²) in [7, 11) is -0.715. The van der Waals surface area contributed by atoms with E-state index in [0.29, 0.717) is 0 Å². The average Bonchev–Trinajstić information content (AvgIpc) is 1.60. The van der Waals surface area contributed by atoms with Gasteiger partial charge in [-0.3, -0.25) is 8.42 Å². The molecule has 0 aliphatic carbocycles. The van der Waals surface area contributed by atoms with Crippen molar-refractivity contribution in [3.05, 3.63) is 0 Å². The van der Waals surface area contributed by atoms with E-state index in [1.165, 1.54) is 0 Å². The second-order valence-electron chi connectivity index (χ2n) is 2.13. The van der Waals surface area contributed by atoms with Gasteiger partial charge in [-0.05, 0) is 14.1 Å². The molecule has 0 amide bonds. The Bertz CT molecular complexity index is 194. The van der Waals surface area contributed by atoms with Gasteiger partial charge in [-0.15, -0.1) is 0 Å². The SMILES string of the molecule is CC([SH-]S(=O)(=O)[O-])N(C)C.[Na+].[Na+]. The van der Waals surface area contributed by atoms with Crippen LogP contribution in [0.4, 0.5) is 0 Å². The van der Waals surface area contributed by atoms with Gasteiger partial charge in [-0.2, -0.15) is 0 Å². The van der Waals surface area contributed by atoms with Crippen LogP contribution in [0, 0.1) is 0 Å². The van der Waals surface area contributed by atoms with E-state index in [-0.39, 0.29) is 75.3 Å². The van der Waals surface area contributed by atoms with Crippen LogP contribution in [0.3, 0.4) is 0 Å². The summed E-state index contributed by atoms with van der Waals surface area (Å²) in [6.07, 6.45) is 0. The molecular weight excluding hydrogens is 220 g/mol. The summed E-state index contributed by atoms with van der Waals surface area (Å²) in [5.74, 6) is 0. The van der Waals surface area contributed by atoms with Crippen molar-refractivity contribution in [2.45, 2.75) is 12.3 Å². The molecule has 1 atom stereocenters. The molecule has 12 heavy (non-hydrogen) atoms. The molecule has 64 valence electrons. The standard InChI is InChI=1S/C4H12NO3S2.2Na/c1-4(5(2)3)9-10(6,7)8;;/h4,9H,1-3H3,(H,6,7,8);;/q-1;2*+1/p-1. The normalized spacial score (nSPS) is 13.4. The van der Waals surface area contributed by atoms with Gasteiger partial charge in [0.25, 0.3) is 0 Å². The van der Waals surface area contributed by atoms with Gasteiger partial charge in [0, 0.05) is 9.15 Å². The first kappa shape index (κ1) is 19.7. The molecule has 8 heteroatoms. The number of thiol groups is 1. The van der Waals surface area contributed by atoms with Crippen molar-refractivity contribution in [3.63, 3.8) is 0 Å². The summed E-state index contributed by atoms with van der Waals surface area (Å²) in [5.41, 5.74) is 0. The summed E-state index contributed by atoms with van der Waals surface area (Å²) in [6.45, 7) is 1.68. The second kappa shape index (κ2) is 8.52. The molecule has 0 spiro atoms. The van der Waals surface area contributed by atoms with E-state index in [1.807, 2.05) is 0 Å². The monoisotopic (exact) mass is 231 g/mol. The Morgan fingerprint density at radius 1 is 1.33 bits per heavy atom. The van der Waals surface area contributed by atoms with Gasteiger partial charge in [0.05, 0.1) is 0 Å². The van der Waals surface area contributed by atoms with Crippen LogP contribution < -0.4 is 59.1 Å². The van der Waals surface area contributed by atoms with E-state index >= 15 is 0 Å². The van der Waals surface area contributed by atoms with Crippen molar-refractivity contribution < 1.29 is 72.1 Å². The summed E-state index contributed by atoms with van der Waals surface area (Å²) in [4.78, 5) is 1.68. The van der Waals surface area contributed by atoms with Gasteiger partial charge >= 0.3 is 59.1 Å². The Hall–Kier alpha value is 2.22. The largest absolute Gasteiger partial charge is 1.00 e. The molecule has 0 bridgehead atoms. The molecule has 0 rings (SSSR count). The second-order valence-corrected chi connectivity index (χ2v) is 5.92. The first-order valence-corrected chi connectivity index (χ1v) is 5.65. The molecule has 0 saturated carbocycles. The van der Waals surface area contributed by atoms with Crippen LogP contribution in [0.1, 0.15) is 6.92 Å². The van der Waals surface area contributed by atoms with Crippen LogP contribution in [0.15, 0.2) is 0 Å². The molecule has 0 aromatic carbocycles. The minimum atomic E-state index is -4.09. The molecule has 0 aromatic heterocycles. The van der Waals surface area contributed by atoms with Crippen molar-refractivity contribution in [2.24, 2.45) is 0 Å². The Balaban J connectivity index is -0.000000405. The maximum Gasteiger partial charge on any atom is 1.00 e. The molecule has 0 aromatic rings. The van der Waals surface area contributed by atoms with E-state index in [0.717, 1.165) is 0 Å². The van der Waals surface area contributed by atoms with Gasteiger partial charge in [0.2, 0.25) is 0 Å². The third kappa shape index (κ3) is 12.2. The maximum absolute atomic E-state index is 10.2. The van der Waals surface area contributed by atoms with Crippen molar-refractivity contribution in [1.29, 1.82) is 0 Å². The first-order valence-electron chi connectivity index (χ1n) is 2.67. The van der Waals surface area contributed by atoms with Crippen LogP contribution in [0.5, 0.6) is 0 Å². The molecule has 0 saturated heterocycles. The zero-order chi connectivity index (χ0) is 8.36. The zero-order valence-corrected chi connectivity index (χ0v) is 13.8. The molecule has 0 N–H and O–H groups in total. The molecule has 0 aliphatic rings. The van der Waals surface area contributed by atoms with Crippen LogP contribution in [-0.2, 0) is 19.9 Å². The molecule has 0 fully saturated rings. The van der Waals surface area contributed by atoms with Gasteiger partial charge in [-0.25, -0.2) is 0 Å². The quantitative estimate of drug-likeness (QED) is 0.159. The number of rotatable bonds is 3. The van der Waals surface area contributed by atoms with E-state index in [2.05, 4.69) is 0 Å². The van der Waals surface area contributed by atoms with Gasteiger partial charge < -0.3 is 20.2 Å². The average molecular weight is 231 g/mol. The molecule has 4 nitrogen and oxygen atoms in total. The summed E-state index contributed by atoms with van der Waals surface area (Å²) < 4.78 is 30.5. The maximum atomic E-state index is 10.2. The predicted octanol–water partition coefficient (Wildman–Crippen LogP) is -6.82. The van der Waals surface area contributed by atoms with E-state index in [1.54, 1.807) is 25.9 Å². The third-order valence-electron chi connectivity index (χ3n) is 1.03. The number of hydrogen-bond acceptors (Lipinski definition) is 5. The number of hydrogen-bond donors (Lipinski definition) is 0. The van der Waals surface area contributed by atoms with Crippen LogP contribution in [0.2, 0.25) is 0 Å². The van der Waals surface area contributed by atoms with Crippen LogP contribution in [0.25, 0.3) is 0 Å². The van der Waals surface area contributed by atoms with Crippen molar-refractivity contribution >= 4 is 19.9 Å². The number of nitrogens with zero attached hydrogens (tertiary/aromatic N) is 1. The fraction of sp³-hybridized carbons (Fsp3) is 1.00. The fourth-order valence-electron chi connectivity index (χ4n) is 0.281.